The molecule has 1 amide bonds. The average Bonchev–Trinajstić information content (AvgIpc) is 2.89. The molecule has 0 atom stereocenters. The lowest BCUT2D eigenvalue weighted by atomic mass is 10.2. The Labute approximate surface area is 201 Å². The fourth-order valence-electron chi connectivity index (χ4n) is 3.66. The molecule has 1 heterocycles. The number of para-hydroxylation sites is 1. The van der Waals surface area contributed by atoms with E-state index in [1.807, 2.05) is 66.7 Å². The van der Waals surface area contributed by atoms with Crippen LogP contribution >= 0.6 is 11.8 Å². The van der Waals surface area contributed by atoms with Crippen molar-refractivity contribution in [3.8, 4) is 5.69 Å². The molecule has 6 heteroatoms. The van der Waals surface area contributed by atoms with Gasteiger partial charge in [0.15, 0.2) is 5.16 Å². The first-order chi connectivity index (χ1) is 16.7. The predicted molar refractivity (Wildman–Crippen MR) is 138 cm³/mol. The first-order valence-electron chi connectivity index (χ1n) is 10.8. The van der Waals surface area contributed by atoms with Gasteiger partial charge in [0, 0.05) is 17.0 Å². The minimum absolute atomic E-state index is 0.178. The van der Waals surface area contributed by atoms with Crippen molar-refractivity contribution in [3.63, 3.8) is 0 Å². The molecular weight excluding hydrogens is 442 g/mol. The van der Waals surface area contributed by atoms with Gasteiger partial charge in [-0.25, -0.2) is 4.98 Å². The third kappa shape index (κ3) is 4.63. The topological polar surface area (TPSA) is 64.0 Å². The van der Waals surface area contributed by atoms with Gasteiger partial charge in [-0.15, -0.1) is 0 Å². The first-order valence-corrected chi connectivity index (χ1v) is 11.8. The number of carbonyl (C=O) groups excluding carboxylic acids is 1. The van der Waals surface area contributed by atoms with Gasteiger partial charge in [-0.2, -0.15) is 0 Å². The number of hydrogen-bond donors (Lipinski definition) is 1. The Bertz CT molecular complexity index is 1500. The molecule has 1 aromatic heterocycles. The molecule has 0 spiro atoms. The zero-order chi connectivity index (χ0) is 23.3. The molecule has 0 bridgehead atoms. The molecule has 1 N–H and O–H groups in total. The molecule has 166 valence electrons. The monoisotopic (exact) mass is 463 g/mol. The number of anilines is 1. The number of nitrogens with one attached hydrogen (secondary N) is 1. The van der Waals surface area contributed by atoms with Crippen LogP contribution in [-0.4, -0.2) is 15.5 Å². The number of thioether (sulfide) groups is 1. The van der Waals surface area contributed by atoms with Crippen molar-refractivity contribution in [2.75, 3.05) is 5.32 Å². The van der Waals surface area contributed by atoms with Gasteiger partial charge in [-0.3, -0.25) is 14.2 Å². The van der Waals surface area contributed by atoms with E-state index in [0.29, 0.717) is 33.1 Å². The third-order valence-electron chi connectivity index (χ3n) is 5.36. The molecule has 0 radical (unpaired) electrons. The van der Waals surface area contributed by atoms with E-state index in [-0.39, 0.29) is 11.5 Å². The molecule has 4 aromatic carbocycles. The molecule has 0 aliphatic carbocycles. The molecule has 34 heavy (non-hydrogen) atoms. The maximum atomic E-state index is 13.7. The van der Waals surface area contributed by atoms with E-state index < -0.39 is 0 Å². The standard InChI is InChI=1S/C28H21N3O2S/c32-26(21-12-6-2-7-13-21)29-22-16-17-25-24(18-22)27(33)31(23-14-8-3-9-15-23)28(30-25)34-19-20-10-4-1-5-11-20/h1-18H,19H2,(H,29,32). The highest BCUT2D eigenvalue weighted by Crippen LogP contribution is 2.25. The Hall–Kier alpha value is -4.16. The van der Waals surface area contributed by atoms with E-state index >= 15 is 0 Å². The molecule has 5 nitrogen and oxygen atoms in total. The van der Waals surface area contributed by atoms with Crippen molar-refractivity contribution in [3.05, 3.63) is 131 Å². The summed E-state index contributed by atoms with van der Waals surface area (Å²) in [6.45, 7) is 0. The van der Waals surface area contributed by atoms with Gasteiger partial charge in [0.25, 0.3) is 11.5 Å². The number of rotatable bonds is 6. The lowest BCUT2D eigenvalue weighted by Crippen LogP contribution is -2.22. The van der Waals surface area contributed by atoms with Gasteiger partial charge < -0.3 is 5.32 Å². The summed E-state index contributed by atoms with van der Waals surface area (Å²) in [5.74, 6) is 0.461. The summed E-state index contributed by atoms with van der Waals surface area (Å²) in [4.78, 5) is 31.1. The number of carbonyl (C=O) groups is 1. The Kier molecular flexibility index (Phi) is 6.23. The minimum atomic E-state index is -0.230. The van der Waals surface area contributed by atoms with Crippen LogP contribution in [0.25, 0.3) is 16.6 Å². The molecule has 0 aliphatic heterocycles. The van der Waals surface area contributed by atoms with Crippen LogP contribution in [0, 0.1) is 0 Å². The van der Waals surface area contributed by atoms with Gasteiger partial charge in [0.05, 0.1) is 16.6 Å². The van der Waals surface area contributed by atoms with Crippen molar-refractivity contribution in [1.82, 2.24) is 9.55 Å². The number of aromatic nitrogens is 2. The summed E-state index contributed by atoms with van der Waals surface area (Å²) in [6.07, 6.45) is 0. The Morgan fingerprint density at radius 1 is 0.824 bits per heavy atom. The quantitative estimate of drug-likeness (QED) is 0.250. The van der Waals surface area contributed by atoms with Gasteiger partial charge in [-0.1, -0.05) is 78.5 Å². The highest BCUT2D eigenvalue weighted by Gasteiger charge is 2.15. The van der Waals surface area contributed by atoms with Crippen LogP contribution < -0.4 is 10.9 Å². The highest BCUT2D eigenvalue weighted by atomic mass is 32.2. The summed E-state index contributed by atoms with van der Waals surface area (Å²) >= 11 is 1.52. The van der Waals surface area contributed by atoms with Crippen LogP contribution in [0.4, 0.5) is 5.69 Å². The molecule has 0 saturated heterocycles. The third-order valence-corrected chi connectivity index (χ3v) is 6.37. The zero-order valence-electron chi connectivity index (χ0n) is 18.2. The maximum Gasteiger partial charge on any atom is 0.266 e. The van der Waals surface area contributed by atoms with Crippen molar-refractivity contribution < 1.29 is 4.79 Å². The van der Waals surface area contributed by atoms with Gasteiger partial charge in [0.1, 0.15) is 0 Å². The summed E-state index contributed by atoms with van der Waals surface area (Å²) in [5.41, 5.74) is 3.41. The van der Waals surface area contributed by atoms with Crippen molar-refractivity contribution >= 4 is 34.3 Å². The van der Waals surface area contributed by atoms with Crippen LogP contribution in [0.5, 0.6) is 0 Å². The fourth-order valence-corrected chi connectivity index (χ4v) is 4.63. The highest BCUT2D eigenvalue weighted by molar-refractivity contribution is 7.98. The van der Waals surface area contributed by atoms with Crippen LogP contribution in [0.15, 0.2) is 119 Å². The van der Waals surface area contributed by atoms with Crippen LogP contribution in [0.3, 0.4) is 0 Å². The van der Waals surface area contributed by atoms with Crippen molar-refractivity contribution in [2.24, 2.45) is 0 Å². The van der Waals surface area contributed by atoms with Gasteiger partial charge in [0.2, 0.25) is 0 Å². The number of benzene rings is 4. The molecule has 0 fully saturated rings. The molecule has 0 unspecified atom stereocenters. The smallest absolute Gasteiger partial charge is 0.266 e. The number of hydrogen-bond acceptors (Lipinski definition) is 4. The van der Waals surface area contributed by atoms with Gasteiger partial charge >= 0.3 is 0 Å². The van der Waals surface area contributed by atoms with E-state index in [9.17, 15) is 9.59 Å². The maximum absolute atomic E-state index is 13.7. The van der Waals surface area contributed by atoms with Crippen LogP contribution in [-0.2, 0) is 5.75 Å². The van der Waals surface area contributed by atoms with E-state index in [1.165, 1.54) is 11.8 Å². The van der Waals surface area contributed by atoms with Crippen molar-refractivity contribution in [1.29, 1.82) is 0 Å². The van der Waals surface area contributed by atoms with E-state index in [0.717, 1.165) is 11.3 Å². The predicted octanol–water partition coefficient (Wildman–Crippen LogP) is 5.93. The largest absolute Gasteiger partial charge is 0.322 e. The Morgan fingerprint density at radius 2 is 1.47 bits per heavy atom. The minimum Gasteiger partial charge on any atom is -0.322 e. The fraction of sp³-hybridized carbons (Fsp3) is 0.0357. The molecule has 5 rings (SSSR count). The molecular formula is C28H21N3O2S. The zero-order valence-corrected chi connectivity index (χ0v) is 19.0. The van der Waals surface area contributed by atoms with E-state index in [4.69, 9.17) is 4.98 Å². The van der Waals surface area contributed by atoms with Crippen molar-refractivity contribution in [2.45, 2.75) is 10.9 Å². The first kappa shape index (κ1) is 21.7. The second-order valence-electron chi connectivity index (χ2n) is 7.70. The van der Waals surface area contributed by atoms with E-state index in [1.54, 1.807) is 34.9 Å². The summed E-state index contributed by atoms with van der Waals surface area (Å²) in [7, 11) is 0. The average molecular weight is 464 g/mol. The van der Waals surface area contributed by atoms with Crippen LogP contribution in [0.2, 0.25) is 0 Å². The lowest BCUT2D eigenvalue weighted by Gasteiger charge is -2.14. The summed E-state index contributed by atoms with van der Waals surface area (Å²) in [5, 5.41) is 3.94. The molecule has 0 saturated carbocycles. The Morgan fingerprint density at radius 3 is 2.18 bits per heavy atom. The number of amides is 1. The number of nitrogens with zero attached hydrogens (tertiary/aromatic N) is 2. The van der Waals surface area contributed by atoms with E-state index in [2.05, 4.69) is 17.4 Å². The van der Waals surface area contributed by atoms with Crippen LogP contribution in [0.1, 0.15) is 15.9 Å². The molecule has 0 aliphatic rings. The van der Waals surface area contributed by atoms with Gasteiger partial charge in [-0.05, 0) is 48.0 Å². The second kappa shape index (κ2) is 9.77. The second-order valence-corrected chi connectivity index (χ2v) is 8.64. The lowest BCUT2D eigenvalue weighted by molar-refractivity contribution is 0.102. The number of fused-ring (bicyclic) bond motifs is 1. The summed E-state index contributed by atoms with van der Waals surface area (Å²) in [6, 6.07) is 33.8. The normalized spacial score (nSPS) is 10.8. The molecule has 5 aromatic rings. The SMILES string of the molecule is O=C(Nc1ccc2nc(SCc3ccccc3)n(-c3ccccc3)c(=O)c2c1)c1ccccc1. The summed E-state index contributed by atoms with van der Waals surface area (Å²) < 4.78 is 1.64. The Balaban J connectivity index is 1.55.